The Morgan fingerprint density at radius 3 is 2.20 bits per heavy atom. The summed E-state index contributed by atoms with van der Waals surface area (Å²) in [5, 5.41) is 0. The number of aromatic nitrogens is 4. The van der Waals surface area contributed by atoms with E-state index < -0.39 is 8.24 Å². The van der Waals surface area contributed by atoms with Gasteiger partial charge in [-0.1, -0.05) is 20.8 Å². The summed E-state index contributed by atoms with van der Waals surface area (Å²) in [5.74, 6) is 0.817. The number of nitrogens with zero attached hydrogens (tertiary/aromatic N) is 5. The van der Waals surface area contributed by atoms with Crippen LogP contribution in [-0.4, -0.2) is 34.7 Å². The van der Waals surface area contributed by atoms with Gasteiger partial charge in [0.1, 0.15) is 5.52 Å². The summed E-state index contributed by atoms with van der Waals surface area (Å²) in [6.45, 7) is 10.0. The highest BCUT2D eigenvalue weighted by Crippen LogP contribution is 2.28. The fourth-order valence-electron chi connectivity index (χ4n) is 2.90. The summed E-state index contributed by atoms with van der Waals surface area (Å²) in [6, 6.07) is 3.65. The minimum absolute atomic E-state index is 0.683. The molecule has 20 heavy (non-hydrogen) atoms. The topological polar surface area (TPSA) is 54.8 Å². The third-order valence-corrected chi connectivity index (χ3v) is 9.93. The van der Waals surface area contributed by atoms with Crippen LogP contribution < -0.4 is 4.57 Å². The molecule has 5 nitrogen and oxygen atoms in total. The molecule has 0 aliphatic carbocycles. The van der Waals surface area contributed by atoms with Gasteiger partial charge in [0.2, 0.25) is 5.95 Å². The molecule has 0 atom stereocenters. The molecule has 2 aromatic heterocycles. The van der Waals surface area contributed by atoms with Crippen molar-refractivity contribution >= 4 is 25.3 Å². The molecule has 0 spiro atoms. The Labute approximate surface area is 121 Å². The zero-order valence-electron chi connectivity index (χ0n) is 12.8. The van der Waals surface area contributed by atoms with E-state index in [1.54, 1.807) is 18.6 Å². The van der Waals surface area contributed by atoms with E-state index in [1.165, 1.54) is 18.1 Å². The Morgan fingerprint density at radius 1 is 0.950 bits per heavy atom. The van der Waals surface area contributed by atoms with Crippen LogP contribution >= 0.6 is 0 Å². The molecule has 0 saturated carbocycles. The normalized spacial score (nSPS) is 11.8. The Bertz CT molecular complexity index is 562. The van der Waals surface area contributed by atoms with E-state index in [9.17, 15) is 0 Å². The maximum Gasteiger partial charge on any atom is 0.219 e. The standard InChI is InChI=1S/C14H23N5Si/c1-5-19(20(6-2,7-3)8-4)14-17-11-12-13(18-14)16-10-9-15-12/h9-11H,5-8H2,1-4H3. The first kappa shape index (κ1) is 14.8. The summed E-state index contributed by atoms with van der Waals surface area (Å²) in [4.78, 5) is 17.7. The zero-order valence-corrected chi connectivity index (χ0v) is 13.8. The maximum absolute atomic E-state index is 4.63. The van der Waals surface area contributed by atoms with Crippen molar-refractivity contribution in [3.05, 3.63) is 18.6 Å². The first-order valence-electron chi connectivity index (χ1n) is 7.42. The predicted octanol–water partition coefficient (Wildman–Crippen LogP) is 3.25. The van der Waals surface area contributed by atoms with Crippen molar-refractivity contribution in [3.8, 4) is 0 Å². The van der Waals surface area contributed by atoms with E-state index in [2.05, 4.69) is 52.2 Å². The van der Waals surface area contributed by atoms with Crippen LogP contribution in [0, 0.1) is 0 Å². The molecule has 0 fully saturated rings. The van der Waals surface area contributed by atoms with Gasteiger partial charge in [-0.25, -0.2) is 15.0 Å². The molecule has 6 heteroatoms. The van der Waals surface area contributed by atoms with Crippen molar-refractivity contribution in [2.24, 2.45) is 0 Å². The molecule has 0 aromatic carbocycles. The van der Waals surface area contributed by atoms with Gasteiger partial charge in [-0.15, -0.1) is 0 Å². The largest absolute Gasteiger partial charge is 0.368 e. The number of anilines is 1. The lowest BCUT2D eigenvalue weighted by atomic mass is 10.5. The second-order valence-electron chi connectivity index (χ2n) is 4.96. The molecule has 2 aromatic rings. The maximum atomic E-state index is 4.63. The molecule has 0 radical (unpaired) electrons. The number of rotatable bonds is 6. The van der Waals surface area contributed by atoms with Crippen LogP contribution in [0.15, 0.2) is 18.6 Å². The highest BCUT2D eigenvalue weighted by atomic mass is 28.3. The van der Waals surface area contributed by atoms with Crippen LogP contribution in [0.2, 0.25) is 18.1 Å². The molecule has 0 unspecified atom stereocenters. The van der Waals surface area contributed by atoms with Gasteiger partial charge in [-0.2, -0.15) is 4.98 Å². The summed E-state index contributed by atoms with van der Waals surface area (Å²) >= 11 is 0. The lowest BCUT2D eigenvalue weighted by Crippen LogP contribution is -2.53. The third-order valence-electron chi connectivity index (χ3n) is 4.32. The summed E-state index contributed by atoms with van der Waals surface area (Å²) in [5.41, 5.74) is 1.44. The van der Waals surface area contributed by atoms with Crippen molar-refractivity contribution in [1.82, 2.24) is 19.9 Å². The minimum atomic E-state index is -1.51. The quantitative estimate of drug-likeness (QED) is 0.764. The fraction of sp³-hybridized carbons (Fsp3) is 0.571. The van der Waals surface area contributed by atoms with Crippen LogP contribution in [0.4, 0.5) is 5.95 Å². The highest BCUT2D eigenvalue weighted by Gasteiger charge is 2.35. The molecule has 0 N–H and O–H groups in total. The van der Waals surface area contributed by atoms with Gasteiger partial charge in [0.05, 0.1) is 6.20 Å². The van der Waals surface area contributed by atoms with Crippen LogP contribution in [0.1, 0.15) is 27.7 Å². The van der Waals surface area contributed by atoms with E-state index in [-0.39, 0.29) is 0 Å². The Balaban J connectivity index is 2.48. The van der Waals surface area contributed by atoms with Gasteiger partial charge in [0, 0.05) is 18.9 Å². The number of fused-ring (bicyclic) bond motifs is 1. The molecular weight excluding hydrogens is 266 g/mol. The fourth-order valence-corrected chi connectivity index (χ4v) is 6.75. The zero-order chi connectivity index (χ0) is 14.6. The lowest BCUT2D eigenvalue weighted by Gasteiger charge is -2.40. The Morgan fingerprint density at radius 2 is 1.60 bits per heavy atom. The van der Waals surface area contributed by atoms with Gasteiger partial charge in [0.25, 0.3) is 0 Å². The Hall–Kier alpha value is -1.56. The third kappa shape index (κ3) is 2.52. The summed E-state index contributed by atoms with van der Waals surface area (Å²) < 4.78 is 2.45. The van der Waals surface area contributed by atoms with E-state index in [0.717, 1.165) is 18.0 Å². The second-order valence-corrected chi connectivity index (χ2v) is 10.1. The molecule has 0 amide bonds. The molecule has 0 aliphatic heterocycles. The van der Waals surface area contributed by atoms with Crippen molar-refractivity contribution in [2.75, 3.05) is 11.1 Å². The van der Waals surface area contributed by atoms with Gasteiger partial charge < -0.3 is 4.57 Å². The van der Waals surface area contributed by atoms with E-state index in [0.29, 0.717) is 5.65 Å². The Kier molecular flexibility index (Phi) is 4.64. The van der Waals surface area contributed by atoms with Crippen molar-refractivity contribution < 1.29 is 0 Å². The highest BCUT2D eigenvalue weighted by molar-refractivity contribution is 6.83. The minimum Gasteiger partial charge on any atom is -0.368 e. The molecule has 0 bridgehead atoms. The molecule has 0 aliphatic rings. The summed E-state index contributed by atoms with van der Waals surface area (Å²) in [6.07, 6.45) is 5.14. The van der Waals surface area contributed by atoms with E-state index in [4.69, 9.17) is 0 Å². The second kappa shape index (κ2) is 6.26. The van der Waals surface area contributed by atoms with E-state index in [1.807, 2.05) is 0 Å². The average Bonchev–Trinajstić information content (AvgIpc) is 2.52. The van der Waals surface area contributed by atoms with Crippen LogP contribution in [0.25, 0.3) is 11.2 Å². The van der Waals surface area contributed by atoms with Crippen molar-refractivity contribution in [3.63, 3.8) is 0 Å². The number of hydrogen-bond donors (Lipinski definition) is 0. The van der Waals surface area contributed by atoms with Crippen LogP contribution in [0.3, 0.4) is 0 Å². The summed E-state index contributed by atoms with van der Waals surface area (Å²) in [7, 11) is -1.51. The molecule has 2 heterocycles. The first-order chi connectivity index (χ1) is 9.70. The molecule has 108 valence electrons. The number of hydrogen-bond acceptors (Lipinski definition) is 5. The SMILES string of the molecule is CCN(c1ncc2nccnc2n1)[Si](CC)(CC)CC. The first-order valence-corrected chi connectivity index (χ1v) is 9.99. The van der Waals surface area contributed by atoms with Gasteiger partial charge >= 0.3 is 0 Å². The van der Waals surface area contributed by atoms with Gasteiger partial charge in [-0.05, 0) is 25.1 Å². The van der Waals surface area contributed by atoms with Crippen molar-refractivity contribution in [2.45, 2.75) is 45.8 Å². The monoisotopic (exact) mass is 289 g/mol. The average molecular weight is 289 g/mol. The van der Waals surface area contributed by atoms with Crippen LogP contribution in [-0.2, 0) is 0 Å². The molecular formula is C14H23N5Si. The van der Waals surface area contributed by atoms with Crippen molar-refractivity contribution in [1.29, 1.82) is 0 Å². The van der Waals surface area contributed by atoms with Crippen LogP contribution in [0.5, 0.6) is 0 Å². The van der Waals surface area contributed by atoms with Gasteiger partial charge in [-0.3, -0.25) is 0 Å². The molecule has 0 saturated heterocycles. The molecule has 2 rings (SSSR count). The van der Waals surface area contributed by atoms with Gasteiger partial charge in [0.15, 0.2) is 13.9 Å². The predicted molar refractivity (Wildman–Crippen MR) is 85.3 cm³/mol. The lowest BCUT2D eigenvalue weighted by molar-refractivity contribution is 0.932. The van der Waals surface area contributed by atoms with E-state index >= 15 is 0 Å². The smallest absolute Gasteiger partial charge is 0.219 e.